The summed E-state index contributed by atoms with van der Waals surface area (Å²) in [5.41, 5.74) is 1.04. The number of rotatable bonds is 4. The quantitative estimate of drug-likeness (QED) is 0.893. The van der Waals surface area contributed by atoms with E-state index in [9.17, 15) is 4.79 Å². The van der Waals surface area contributed by atoms with E-state index in [1.165, 1.54) is 0 Å². The molecule has 1 aromatic carbocycles. The van der Waals surface area contributed by atoms with Crippen LogP contribution in [-0.2, 0) is 11.8 Å². The third-order valence-corrected chi connectivity index (χ3v) is 2.88. The number of nitrogens with one attached hydrogen (secondary N) is 1. The van der Waals surface area contributed by atoms with Crippen LogP contribution < -0.4 is 5.32 Å². The van der Waals surface area contributed by atoms with Crippen molar-refractivity contribution in [3.05, 3.63) is 54.1 Å². The van der Waals surface area contributed by atoms with E-state index in [0.717, 1.165) is 11.4 Å². The van der Waals surface area contributed by atoms with Crippen molar-refractivity contribution in [3.63, 3.8) is 0 Å². The molecule has 4 nitrogen and oxygen atoms in total. The normalized spacial score (nSPS) is 12.1. The lowest BCUT2D eigenvalue weighted by Crippen LogP contribution is -2.30. The number of carbonyl (C=O) groups excluding carboxylic acids is 1. The molecule has 0 aliphatic carbocycles. The first kappa shape index (κ1) is 12.4. The second-order valence-electron chi connectivity index (χ2n) is 4.16. The average molecular weight is 243 g/mol. The van der Waals surface area contributed by atoms with E-state index in [2.05, 4.69) is 10.3 Å². The largest absolute Gasteiger partial charge is 0.342 e. The van der Waals surface area contributed by atoms with Crippen LogP contribution in [0.15, 0.2) is 42.7 Å². The van der Waals surface area contributed by atoms with Crippen molar-refractivity contribution in [2.45, 2.75) is 19.4 Å². The molecule has 1 aromatic heterocycles. The van der Waals surface area contributed by atoms with E-state index in [-0.39, 0.29) is 11.9 Å². The minimum Gasteiger partial charge on any atom is -0.342 e. The standard InChI is InChI=1S/C14H17N3O/c1-3-12(18)16-13(11-7-5-4-6-8-11)14-15-9-10-17(14)2/h4-10,13H,3H2,1-2H3,(H,16,18)/t13-/m0/s1. The van der Waals surface area contributed by atoms with Crippen molar-refractivity contribution >= 4 is 5.91 Å². The Hall–Kier alpha value is -2.10. The molecule has 2 rings (SSSR count). The predicted molar refractivity (Wildman–Crippen MR) is 69.9 cm³/mol. The molecule has 0 bridgehead atoms. The molecule has 0 aliphatic rings. The zero-order valence-corrected chi connectivity index (χ0v) is 10.6. The molecule has 0 fully saturated rings. The Morgan fingerprint density at radius 1 is 1.39 bits per heavy atom. The second kappa shape index (κ2) is 5.49. The lowest BCUT2D eigenvalue weighted by atomic mass is 10.1. The maximum absolute atomic E-state index is 11.7. The number of aromatic nitrogens is 2. The summed E-state index contributed by atoms with van der Waals surface area (Å²) in [4.78, 5) is 16.0. The summed E-state index contributed by atoms with van der Waals surface area (Å²) in [6.07, 6.45) is 4.08. The van der Waals surface area contributed by atoms with Gasteiger partial charge >= 0.3 is 0 Å². The zero-order chi connectivity index (χ0) is 13.0. The van der Waals surface area contributed by atoms with Crippen molar-refractivity contribution in [1.29, 1.82) is 0 Å². The summed E-state index contributed by atoms with van der Waals surface area (Å²) in [5.74, 6) is 0.856. The minimum absolute atomic E-state index is 0.0202. The highest BCUT2D eigenvalue weighted by molar-refractivity contribution is 5.76. The van der Waals surface area contributed by atoms with Gasteiger partial charge in [-0.15, -0.1) is 0 Å². The molecule has 18 heavy (non-hydrogen) atoms. The lowest BCUT2D eigenvalue weighted by molar-refractivity contribution is -0.121. The molecule has 0 spiro atoms. The van der Waals surface area contributed by atoms with Gasteiger partial charge < -0.3 is 9.88 Å². The van der Waals surface area contributed by atoms with Gasteiger partial charge in [0.1, 0.15) is 11.9 Å². The fourth-order valence-corrected chi connectivity index (χ4v) is 1.86. The number of benzene rings is 1. The average Bonchev–Trinajstić information content (AvgIpc) is 2.83. The molecule has 2 aromatic rings. The molecule has 4 heteroatoms. The third kappa shape index (κ3) is 2.59. The topological polar surface area (TPSA) is 46.9 Å². The van der Waals surface area contributed by atoms with Gasteiger partial charge in [-0.25, -0.2) is 4.98 Å². The summed E-state index contributed by atoms with van der Waals surface area (Å²) in [7, 11) is 1.93. The van der Waals surface area contributed by atoms with Crippen LogP contribution >= 0.6 is 0 Å². The minimum atomic E-state index is -0.196. The van der Waals surface area contributed by atoms with Crippen molar-refractivity contribution < 1.29 is 4.79 Å². The van der Waals surface area contributed by atoms with Gasteiger partial charge in [-0.05, 0) is 5.56 Å². The van der Waals surface area contributed by atoms with E-state index in [1.807, 2.05) is 55.1 Å². The van der Waals surface area contributed by atoms with Gasteiger partial charge in [0.25, 0.3) is 0 Å². The van der Waals surface area contributed by atoms with Crippen LogP contribution in [-0.4, -0.2) is 15.5 Å². The van der Waals surface area contributed by atoms with Crippen LogP contribution in [0, 0.1) is 0 Å². The van der Waals surface area contributed by atoms with Crippen LogP contribution in [0.1, 0.15) is 30.8 Å². The Morgan fingerprint density at radius 2 is 2.11 bits per heavy atom. The summed E-state index contributed by atoms with van der Waals surface area (Å²) in [6, 6.07) is 9.68. The highest BCUT2D eigenvalue weighted by atomic mass is 16.1. The molecule has 0 saturated heterocycles. The summed E-state index contributed by atoms with van der Waals surface area (Å²) < 4.78 is 1.92. The fourth-order valence-electron chi connectivity index (χ4n) is 1.86. The molecule has 0 radical (unpaired) electrons. The van der Waals surface area contributed by atoms with Crippen molar-refractivity contribution in [2.75, 3.05) is 0 Å². The molecular weight excluding hydrogens is 226 g/mol. The van der Waals surface area contributed by atoms with Crippen LogP contribution in [0.5, 0.6) is 0 Å². The van der Waals surface area contributed by atoms with E-state index in [0.29, 0.717) is 6.42 Å². The van der Waals surface area contributed by atoms with Crippen molar-refractivity contribution in [1.82, 2.24) is 14.9 Å². The first-order chi connectivity index (χ1) is 8.72. The Labute approximate surface area is 107 Å². The lowest BCUT2D eigenvalue weighted by Gasteiger charge is -2.18. The van der Waals surface area contributed by atoms with Crippen LogP contribution in [0.4, 0.5) is 0 Å². The van der Waals surface area contributed by atoms with Gasteiger partial charge in [0.2, 0.25) is 5.91 Å². The Kier molecular flexibility index (Phi) is 3.77. The highest BCUT2D eigenvalue weighted by Gasteiger charge is 2.19. The Bertz CT molecular complexity index is 519. The number of nitrogens with zero attached hydrogens (tertiary/aromatic N) is 2. The van der Waals surface area contributed by atoms with E-state index >= 15 is 0 Å². The maximum Gasteiger partial charge on any atom is 0.220 e. The van der Waals surface area contributed by atoms with E-state index < -0.39 is 0 Å². The molecule has 1 heterocycles. The molecule has 94 valence electrons. The van der Waals surface area contributed by atoms with Crippen LogP contribution in [0.2, 0.25) is 0 Å². The molecule has 0 aliphatic heterocycles. The first-order valence-electron chi connectivity index (χ1n) is 6.04. The zero-order valence-electron chi connectivity index (χ0n) is 10.6. The molecule has 0 unspecified atom stereocenters. The SMILES string of the molecule is CCC(=O)N[C@@H](c1ccccc1)c1nccn1C. The van der Waals surface area contributed by atoms with E-state index in [4.69, 9.17) is 0 Å². The highest BCUT2D eigenvalue weighted by Crippen LogP contribution is 2.20. The molecule has 1 atom stereocenters. The van der Waals surface area contributed by atoms with Crippen molar-refractivity contribution in [2.24, 2.45) is 7.05 Å². The van der Waals surface area contributed by atoms with Gasteiger partial charge in [0.15, 0.2) is 0 Å². The van der Waals surface area contributed by atoms with E-state index in [1.54, 1.807) is 6.20 Å². The van der Waals surface area contributed by atoms with Gasteiger partial charge in [0, 0.05) is 25.9 Å². The van der Waals surface area contributed by atoms with Gasteiger partial charge in [-0.1, -0.05) is 37.3 Å². The smallest absolute Gasteiger partial charge is 0.220 e. The monoisotopic (exact) mass is 243 g/mol. The third-order valence-electron chi connectivity index (χ3n) is 2.88. The van der Waals surface area contributed by atoms with Gasteiger partial charge in [-0.3, -0.25) is 4.79 Å². The molecule has 0 saturated carbocycles. The second-order valence-corrected chi connectivity index (χ2v) is 4.16. The number of hydrogen-bond acceptors (Lipinski definition) is 2. The fraction of sp³-hybridized carbons (Fsp3) is 0.286. The summed E-state index contributed by atoms with van der Waals surface area (Å²) in [5, 5.41) is 3.00. The molecular formula is C14H17N3O. The number of imidazole rings is 1. The Balaban J connectivity index is 2.35. The predicted octanol–water partition coefficient (Wildman–Crippen LogP) is 2.04. The number of hydrogen-bond donors (Lipinski definition) is 1. The van der Waals surface area contributed by atoms with Crippen molar-refractivity contribution in [3.8, 4) is 0 Å². The number of amides is 1. The number of aryl methyl sites for hydroxylation is 1. The first-order valence-corrected chi connectivity index (χ1v) is 6.04. The molecule has 1 amide bonds. The number of carbonyl (C=O) groups is 1. The van der Waals surface area contributed by atoms with Gasteiger partial charge in [-0.2, -0.15) is 0 Å². The van der Waals surface area contributed by atoms with Crippen LogP contribution in [0.3, 0.4) is 0 Å². The summed E-state index contributed by atoms with van der Waals surface area (Å²) in [6.45, 7) is 1.84. The maximum atomic E-state index is 11.7. The molecule has 1 N–H and O–H groups in total. The van der Waals surface area contributed by atoms with Gasteiger partial charge in [0.05, 0.1) is 0 Å². The van der Waals surface area contributed by atoms with Crippen LogP contribution in [0.25, 0.3) is 0 Å². The summed E-state index contributed by atoms with van der Waals surface area (Å²) >= 11 is 0. The Morgan fingerprint density at radius 3 is 2.67 bits per heavy atom.